The first kappa shape index (κ1) is 17.2. The van der Waals surface area contributed by atoms with Crippen molar-refractivity contribution in [1.82, 2.24) is 19.9 Å². The molecule has 3 heterocycles. The zero-order valence-corrected chi connectivity index (χ0v) is 15.5. The number of nitrogens with zero attached hydrogens (tertiary/aromatic N) is 3. The Morgan fingerprint density at radius 3 is 3.04 bits per heavy atom. The number of amides is 1. The quantitative estimate of drug-likeness (QED) is 0.740. The van der Waals surface area contributed by atoms with Gasteiger partial charge in [-0.25, -0.2) is 4.98 Å². The van der Waals surface area contributed by atoms with Gasteiger partial charge < -0.3 is 15.0 Å². The van der Waals surface area contributed by atoms with Gasteiger partial charge >= 0.3 is 0 Å². The smallest absolute Gasteiger partial charge is 0.255 e. The number of fused-ring (bicyclic) bond motifs is 1. The largest absolute Gasteiger partial charge is 0.391 e. The van der Waals surface area contributed by atoms with Crippen LogP contribution in [-0.4, -0.2) is 37.7 Å². The van der Waals surface area contributed by atoms with Gasteiger partial charge in [-0.1, -0.05) is 12.8 Å². The Morgan fingerprint density at radius 2 is 2.27 bits per heavy atom. The molecule has 0 bridgehead atoms. The van der Waals surface area contributed by atoms with E-state index in [-0.39, 0.29) is 11.9 Å². The van der Waals surface area contributed by atoms with E-state index in [9.17, 15) is 9.90 Å². The summed E-state index contributed by atoms with van der Waals surface area (Å²) in [4.78, 5) is 21.8. The zero-order valence-electron chi connectivity index (χ0n) is 14.7. The highest BCUT2D eigenvalue weighted by Gasteiger charge is 2.26. The average Bonchev–Trinajstić information content (AvgIpc) is 3.21. The summed E-state index contributed by atoms with van der Waals surface area (Å²) in [6, 6.07) is 3.66. The minimum absolute atomic E-state index is 0.173. The molecule has 0 unspecified atom stereocenters. The molecule has 1 aliphatic rings. The van der Waals surface area contributed by atoms with Gasteiger partial charge in [-0.15, -0.1) is 11.3 Å². The van der Waals surface area contributed by atoms with Crippen molar-refractivity contribution in [1.29, 1.82) is 0 Å². The van der Waals surface area contributed by atoms with E-state index in [2.05, 4.69) is 15.3 Å². The normalized spacial score (nSPS) is 20.4. The molecule has 0 saturated heterocycles. The van der Waals surface area contributed by atoms with Gasteiger partial charge in [-0.05, 0) is 31.9 Å². The Bertz CT molecular complexity index is 933. The Hall–Kier alpha value is -2.25. The van der Waals surface area contributed by atoms with Gasteiger partial charge in [0.25, 0.3) is 5.91 Å². The summed E-state index contributed by atoms with van der Waals surface area (Å²) < 4.78 is 2.02. The molecule has 1 aliphatic carbocycles. The lowest BCUT2D eigenvalue weighted by molar-refractivity contribution is 0.0718. The van der Waals surface area contributed by atoms with Crippen LogP contribution in [0.15, 0.2) is 29.9 Å². The van der Waals surface area contributed by atoms with E-state index < -0.39 is 6.10 Å². The second-order valence-corrected chi connectivity index (χ2v) is 7.89. The molecule has 0 aliphatic heterocycles. The lowest BCUT2D eigenvalue weighted by atomic mass is 9.92. The fraction of sp³-hybridized carbons (Fsp3) is 0.421. The van der Waals surface area contributed by atoms with Crippen LogP contribution in [0.1, 0.15) is 46.7 Å². The van der Waals surface area contributed by atoms with Gasteiger partial charge in [0, 0.05) is 17.8 Å². The summed E-state index contributed by atoms with van der Waals surface area (Å²) in [6.45, 7) is 2.59. The topological polar surface area (TPSA) is 80.0 Å². The van der Waals surface area contributed by atoms with Gasteiger partial charge in [0.05, 0.1) is 40.5 Å². The Kier molecular flexibility index (Phi) is 4.74. The van der Waals surface area contributed by atoms with Crippen LogP contribution in [0.3, 0.4) is 0 Å². The van der Waals surface area contributed by atoms with Crippen molar-refractivity contribution < 1.29 is 9.90 Å². The van der Waals surface area contributed by atoms with E-state index in [1.165, 1.54) is 0 Å². The fourth-order valence-corrected chi connectivity index (χ4v) is 4.20. The summed E-state index contributed by atoms with van der Waals surface area (Å²) in [5.41, 5.74) is 3.11. The first-order valence-electron chi connectivity index (χ1n) is 8.95. The molecule has 4 rings (SSSR count). The lowest BCUT2D eigenvalue weighted by Crippen LogP contribution is -2.45. The van der Waals surface area contributed by atoms with Gasteiger partial charge in [0.1, 0.15) is 5.52 Å². The molecule has 3 aromatic heterocycles. The van der Waals surface area contributed by atoms with Gasteiger partial charge in [-0.2, -0.15) is 0 Å². The number of aliphatic hydroxyl groups excluding tert-OH is 1. The number of carbonyl (C=O) groups excluding carboxylic acids is 1. The van der Waals surface area contributed by atoms with E-state index in [1.807, 2.05) is 35.2 Å². The van der Waals surface area contributed by atoms with Crippen LogP contribution in [-0.2, 0) is 6.54 Å². The molecule has 0 radical (unpaired) electrons. The van der Waals surface area contributed by atoms with Crippen molar-refractivity contribution in [2.45, 2.75) is 51.3 Å². The van der Waals surface area contributed by atoms with Gasteiger partial charge in [0.2, 0.25) is 0 Å². The minimum Gasteiger partial charge on any atom is -0.391 e. The van der Waals surface area contributed by atoms with Crippen LogP contribution < -0.4 is 5.32 Å². The van der Waals surface area contributed by atoms with Crippen molar-refractivity contribution >= 4 is 28.3 Å². The van der Waals surface area contributed by atoms with Crippen molar-refractivity contribution in [3.05, 3.63) is 46.2 Å². The Morgan fingerprint density at radius 1 is 1.42 bits per heavy atom. The Labute approximate surface area is 155 Å². The van der Waals surface area contributed by atoms with Crippen molar-refractivity contribution in [3.8, 4) is 0 Å². The van der Waals surface area contributed by atoms with Crippen LogP contribution in [0.25, 0.3) is 11.0 Å². The van der Waals surface area contributed by atoms with E-state index in [0.717, 1.165) is 41.9 Å². The number of rotatable bonds is 4. The van der Waals surface area contributed by atoms with E-state index in [1.54, 1.807) is 17.5 Å². The maximum absolute atomic E-state index is 12.9. The van der Waals surface area contributed by atoms with E-state index >= 15 is 0 Å². The maximum Gasteiger partial charge on any atom is 0.255 e. The fourth-order valence-electron chi connectivity index (χ4n) is 3.60. The van der Waals surface area contributed by atoms with Crippen molar-refractivity contribution in [2.75, 3.05) is 0 Å². The van der Waals surface area contributed by atoms with Crippen molar-refractivity contribution in [2.24, 2.45) is 0 Å². The zero-order chi connectivity index (χ0) is 18.1. The molecule has 0 aromatic carbocycles. The van der Waals surface area contributed by atoms with Gasteiger partial charge in [-0.3, -0.25) is 9.78 Å². The molecule has 2 N–H and O–H groups in total. The third kappa shape index (κ3) is 3.37. The molecule has 1 fully saturated rings. The highest BCUT2D eigenvalue weighted by molar-refractivity contribution is 7.09. The SMILES string of the molecule is Cc1nc(Cn2cc(C(=O)N[C@H]3CCCC[C@@H]3O)c3ncccc32)cs1. The molecule has 136 valence electrons. The number of hydrogen-bond acceptors (Lipinski definition) is 5. The summed E-state index contributed by atoms with van der Waals surface area (Å²) in [6.07, 6.45) is 6.69. The third-order valence-corrected chi connectivity index (χ3v) is 5.75. The number of hydrogen-bond donors (Lipinski definition) is 2. The lowest BCUT2D eigenvalue weighted by Gasteiger charge is -2.28. The number of pyridine rings is 1. The van der Waals surface area contributed by atoms with Crippen LogP contribution in [0.4, 0.5) is 0 Å². The predicted molar refractivity (Wildman–Crippen MR) is 101 cm³/mol. The molecule has 26 heavy (non-hydrogen) atoms. The molecule has 6 nitrogen and oxygen atoms in total. The molecule has 1 amide bonds. The molecule has 7 heteroatoms. The summed E-state index contributed by atoms with van der Waals surface area (Å²) in [5.74, 6) is -0.173. The number of aryl methyl sites for hydroxylation is 1. The molecule has 2 atom stereocenters. The number of carbonyl (C=O) groups is 1. The minimum atomic E-state index is -0.466. The first-order chi connectivity index (χ1) is 12.6. The van der Waals surface area contributed by atoms with Gasteiger partial charge in [0.15, 0.2) is 0 Å². The second kappa shape index (κ2) is 7.17. The van der Waals surface area contributed by atoms with Crippen LogP contribution >= 0.6 is 11.3 Å². The van der Waals surface area contributed by atoms with Crippen LogP contribution in [0.2, 0.25) is 0 Å². The second-order valence-electron chi connectivity index (χ2n) is 6.83. The monoisotopic (exact) mass is 370 g/mol. The number of nitrogens with one attached hydrogen (secondary N) is 1. The average molecular weight is 370 g/mol. The molecule has 3 aromatic rings. The summed E-state index contributed by atoms with van der Waals surface area (Å²) >= 11 is 1.62. The molecular formula is C19H22N4O2S. The van der Waals surface area contributed by atoms with E-state index in [4.69, 9.17) is 0 Å². The predicted octanol–water partition coefficient (Wildman–Crippen LogP) is 2.88. The Balaban J connectivity index is 1.63. The summed E-state index contributed by atoms with van der Waals surface area (Å²) in [7, 11) is 0. The number of aliphatic hydroxyl groups is 1. The highest BCUT2D eigenvalue weighted by atomic mass is 32.1. The first-order valence-corrected chi connectivity index (χ1v) is 9.83. The standard InChI is InChI=1S/C19H22N4O2S/c1-12-21-13(11-26-12)9-23-10-14(18-16(23)6-4-8-20-18)19(25)22-15-5-2-3-7-17(15)24/h4,6,8,10-11,15,17,24H,2-3,5,7,9H2,1H3,(H,22,25)/t15-,17-/m0/s1. The molecule has 1 saturated carbocycles. The van der Waals surface area contributed by atoms with Crippen molar-refractivity contribution in [3.63, 3.8) is 0 Å². The van der Waals surface area contributed by atoms with E-state index in [0.29, 0.717) is 17.6 Å². The maximum atomic E-state index is 12.9. The van der Waals surface area contributed by atoms with Crippen LogP contribution in [0.5, 0.6) is 0 Å². The number of thiazole rings is 1. The molecular weight excluding hydrogens is 348 g/mol. The third-order valence-electron chi connectivity index (χ3n) is 4.93. The highest BCUT2D eigenvalue weighted by Crippen LogP contribution is 2.23. The van der Waals surface area contributed by atoms with Crippen LogP contribution in [0, 0.1) is 6.92 Å². The molecule has 0 spiro atoms. The summed E-state index contributed by atoms with van der Waals surface area (Å²) in [5, 5.41) is 16.2. The number of aromatic nitrogens is 3.